The zero-order chi connectivity index (χ0) is 14.5. The number of aliphatic carboxylic acids is 1. The second-order valence-electron chi connectivity index (χ2n) is 4.97. The van der Waals surface area contributed by atoms with E-state index in [4.69, 9.17) is 9.84 Å². The molecule has 1 aromatic rings. The van der Waals surface area contributed by atoms with Gasteiger partial charge in [-0.3, -0.25) is 9.59 Å². The lowest BCUT2D eigenvalue weighted by Gasteiger charge is -2.20. The molecule has 1 aliphatic heterocycles. The van der Waals surface area contributed by atoms with Crippen molar-refractivity contribution >= 4 is 11.9 Å². The van der Waals surface area contributed by atoms with Gasteiger partial charge in [-0.25, -0.2) is 0 Å². The average molecular weight is 277 g/mol. The highest BCUT2D eigenvalue weighted by Gasteiger charge is 2.36. The van der Waals surface area contributed by atoms with Crippen LogP contribution >= 0.6 is 0 Å². The smallest absolute Gasteiger partial charge is 0.311 e. The van der Waals surface area contributed by atoms with Crippen LogP contribution in [0.4, 0.5) is 0 Å². The second kappa shape index (κ2) is 6.52. The molecule has 0 aliphatic carbocycles. The molecule has 1 amide bonds. The van der Waals surface area contributed by atoms with Crippen LogP contribution in [0.5, 0.6) is 0 Å². The summed E-state index contributed by atoms with van der Waals surface area (Å²) in [6.07, 6.45) is 0.668. The van der Waals surface area contributed by atoms with Gasteiger partial charge in [0.05, 0.1) is 25.2 Å². The van der Waals surface area contributed by atoms with E-state index in [2.05, 4.69) is 5.32 Å². The van der Waals surface area contributed by atoms with Crippen LogP contribution in [0, 0.1) is 5.92 Å². The predicted octanol–water partition coefficient (Wildman–Crippen LogP) is 1.40. The molecule has 0 bridgehead atoms. The van der Waals surface area contributed by atoms with E-state index in [-0.39, 0.29) is 25.0 Å². The summed E-state index contributed by atoms with van der Waals surface area (Å²) in [5.74, 6) is -1.99. The maximum Gasteiger partial charge on any atom is 0.311 e. The van der Waals surface area contributed by atoms with Crippen LogP contribution < -0.4 is 5.32 Å². The van der Waals surface area contributed by atoms with Gasteiger partial charge in [-0.15, -0.1) is 0 Å². The topological polar surface area (TPSA) is 75.6 Å². The number of carbonyl (C=O) groups is 2. The van der Waals surface area contributed by atoms with Gasteiger partial charge in [0.25, 0.3) is 0 Å². The van der Waals surface area contributed by atoms with E-state index in [0.717, 1.165) is 5.56 Å². The van der Waals surface area contributed by atoms with Gasteiger partial charge in [-0.1, -0.05) is 37.3 Å². The van der Waals surface area contributed by atoms with E-state index in [9.17, 15) is 9.59 Å². The minimum absolute atomic E-state index is 0.138. The largest absolute Gasteiger partial charge is 0.481 e. The fourth-order valence-corrected chi connectivity index (χ4v) is 2.48. The molecular weight excluding hydrogens is 258 g/mol. The number of carboxylic acids is 1. The molecule has 5 nitrogen and oxygen atoms in total. The highest BCUT2D eigenvalue weighted by Crippen LogP contribution is 2.21. The number of carbonyl (C=O) groups excluding carboxylic acids is 1. The number of hydrogen-bond acceptors (Lipinski definition) is 3. The first-order chi connectivity index (χ1) is 9.63. The van der Waals surface area contributed by atoms with Crippen molar-refractivity contribution in [3.8, 4) is 0 Å². The van der Waals surface area contributed by atoms with E-state index in [0.29, 0.717) is 6.42 Å². The third-order valence-corrected chi connectivity index (χ3v) is 3.65. The van der Waals surface area contributed by atoms with Gasteiger partial charge in [0.15, 0.2) is 0 Å². The van der Waals surface area contributed by atoms with Crippen molar-refractivity contribution in [2.45, 2.75) is 25.3 Å². The Morgan fingerprint density at radius 1 is 1.35 bits per heavy atom. The van der Waals surface area contributed by atoms with E-state index in [1.807, 2.05) is 37.3 Å². The number of ether oxygens (including phenoxy) is 1. The molecule has 1 saturated heterocycles. The van der Waals surface area contributed by atoms with Crippen molar-refractivity contribution < 1.29 is 19.4 Å². The van der Waals surface area contributed by atoms with E-state index >= 15 is 0 Å². The van der Waals surface area contributed by atoms with Gasteiger partial charge in [-0.05, 0) is 12.0 Å². The maximum absolute atomic E-state index is 12.3. The van der Waals surface area contributed by atoms with Gasteiger partial charge in [0, 0.05) is 0 Å². The SMILES string of the molecule is CCC(C(=O)NC1COCC1C(=O)O)c1ccccc1. The maximum atomic E-state index is 12.3. The Hall–Kier alpha value is -1.88. The van der Waals surface area contributed by atoms with E-state index < -0.39 is 17.9 Å². The van der Waals surface area contributed by atoms with Gasteiger partial charge < -0.3 is 15.2 Å². The van der Waals surface area contributed by atoms with Crippen molar-refractivity contribution in [3.05, 3.63) is 35.9 Å². The van der Waals surface area contributed by atoms with Gasteiger partial charge >= 0.3 is 5.97 Å². The highest BCUT2D eigenvalue weighted by atomic mass is 16.5. The van der Waals surface area contributed by atoms with Crippen LogP contribution in [0.1, 0.15) is 24.8 Å². The monoisotopic (exact) mass is 277 g/mol. The molecule has 0 spiro atoms. The molecule has 3 atom stereocenters. The molecule has 3 unspecified atom stereocenters. The number of benzene rings is 1. The van der Waals surface area contributed by atoms with Crippen LogP contribution in [-0.2, 0) is 14.3 Å². The second-order valence-corrected chi connectivity index (χ2v) is 4.97. The number of amides is 1. The zero-order valence-electron chi connectivity index (χ0n) is 11.4. The molecule has 0 radical (unpaired) electrons. The average Bonchev–Trinajstić information content (AvgIpc) is 2.89. The summed E-state index contributed by atoms with van der Waals surface area (Å²) in [7, 11) is 0. The Morgan fingerprint density at radius 3 is 2.65 bits per heavy atom. The summed E-state index contributed by atoms with van der Waals surface area (Å²) in [5, 5.41) is 11.9. The lowest BCUT2D eigenvalue weighted by Crippen LogP contribution is -2.44. The lowest BCUT2D eigenvalue weighted by atomic mass is 9.94. The molecule has 2 rings (SSSR count). The van der Waals surface area contributed by atoms with Gasteiger partial charge in [0.1, 0.15) is 5.92 Å². The molecule has 2 N–H and O–H groups in total. The number of hydrogen-bond donors (Lipinski definition) is 2. The fourth-order valence-electron chi connectivity index (χ4n) is 2.48. The van der Waals surface area contributed by atoms with Crippen LogP contribution in [0.3, 0.4) is 0 Å². The standard InChI is InChI=1S/C15H19NO4/c1-2-11(10-6-4-3-5-7-10)14(17)16-13-9-20-8-12(13)15(18)19/h3-7,11-13H,2,8-9H2,1H3,(H,16,17)(H,18,19). The van der Waals surface area contributed by atoms with Crippen molar-refractivity contribution in [2.24, 2.45) is 5.92 Å². The first-order valence-electron chi connectivity index (χ1n) is 6.79. The van der Waals surface area contributed by atoms with Crippen molar-refractivity contribution in [1.82, 2.24) is 5.32 Å². The molecule has 1 heterocycles. The van der Waals surface area contributed by atoms with Crippen LogP contribution in [-0.4, -0.2) is 36.2 Å². The fraction of sp³-hybridized carbons (Fsp3) is 0.467. The van der Waals surface area contributed by atoms with Crippen LogP contribution in [0.2, 0.25) is 0 Å². The quantitative estimate of drug-likeness (QED) is 0.853. The molecule has 1 aliphatic rings. The van der Waals surface area contributed by atoms with Gasteiger partial charge in [-0.2, -0.15) is 0 Å². The summed E-state index contributed by atoms with van der Waals surface area (Å²) in [5.41, 5.74) is 0.943. The Morgan fingerprint density at radius 2 is 2.05 bits per heavy atom. The molecule has 1 fully saturated rings. The first-order valence-corrected chi connectivity index (χ1v) is 6.79. The minimum Gasteiger partial charge on any atom is -0.481 e. The number of rotatable bonds is 5. The summed E-state index contributed by atoms with van der Waals surface area (Å²) in [6, 6.07) is 9.06. The molecule has 0 aromatic heterocycles. The minimum atomic E-state index is -0.930. The van der Waals surface area contributed by atoms with Crippen molar-refractivity contribution in [1.29, 1.82) is 0 Å². The first kappa shape index (κ1) is 14.5. The summed E-state index contributed by atoms with van der Waals surface area (Å²) < 4.78 is 5.16. The molecule has 1 aromatic carbocycles. The molecule has 5 heteroatoms. The Labute approximate surface area is 117 Å². The zero-order valence-corrected chi connectivity index (χ0v) is 11.4. The third kappa shape index (κ3) is 3.17. The summed E-state index contributed by atoms with van der Waals surface area (Å²) >= 11 is 0. The summed E-state index contributed by atoms with van der Waals surface area (Å²) in [6.45, 7) is 2.35. The van der Waals surface area contributed by atoms with Crippen LogP contribution in [0.25, 0.3) is 0 Å². The third-order valence-electron chi connectivity index (χ3n) is 3.65. The lowest BCUT2D eigenvalue weighted by molar-refractivity contribution is -0.142. The Kier molecular flexibility index (Phi) is 4.74. The van der Waals surface area contributed by atoms with E-state index in [1.54, 1.807) is 0 Å². The highest BCUT2D eigenvalue weighted by molar-refractivity contribution is 5.84. The Bertz CT molecular complexity index is 474. The van der Waals surface area contributed by atoms with Crippen LogP contribution in [0.15, 0.2) is 30.3 Å². The molecule has 108 valence electrons. The normalized spacial score (nSPS) is 23.2. The van der Waals surface area contributed by atoms with E-state index in [1.165, 1.54) is 0 Å². The summed E-state index contributed by atoms with van der Waals surface area (Å²) in [4.78, 5) is 23.4. The molecule has 20 heavy (non-hydrogen) atoms. The molecule has 0 saturated carbocycles. The van der Waals surface area contributed by atoms with Crippen molar-refractivity contribution in [3.63, 3.8) is 0 Å². The van der Waals surface area contributed by atoms with Crippen molar-refractivity contribution in [2.75, 3.05) is 13.2 Å². The number of nitrogens with one attached hydrogen (secondary N) is 1. The van der Waals surface area contributed by atoms with Gasteiger partial charge in [0.2, 0.25) is 5.91 Å². The predicted molar refractivity (Wildman–Crippen MR) is 73.3 cm³/mol. The number of carboxylic acid groups (broad SMARTS) is 1. The Balaban J connectivity index is 2.05. The molecular formula is C15H19NO4.